The van der Waals surface area contributed by atoms with Gasteiger partial charge in [0.2, 0.25) is 0 Å². The number of aromatic nitrogens is 2. The zero-order valence-electron chi connectivity index (χ0n) is 11.5. The third kappa shape index (κ3) is 3.01. The van der Waals surface area contributed by atoms with Crippen molar-refractivity contribution < 1.29 is 9.50 Å². The van der Waals surface area contributed by atoms with Gasteiger partial charge in [-0.1, -0.05) is 19.9 Å². The van der Waals surface area contributed by atoms with E-state index in [1.54, 1.807) is 13.1 Å². The molecule has 19 heavy (non-hydrogen) atoms. The summed E-state index contributed by atoms with van der Waals surface area (Å²) in [6.45, 7) is 6.62. The minimum absolute atomic E-state index is 0.273. The predicted molar refractivity (Wildman–Crippen MR) is 73.1 cm³/mol. The fourth-order valence-electron chi connectivity index (χ4n) is 2.13. The Labute approximate surface area is 112 Å². The van der Waals surface area contributed by atoms with Crippen LogP contribution in [0.5, 0.6) is 0 Å². The van der Waals surface area contributed by atoms with Gasteiger partial charge in [0.25, 0.3) is 0 Å². The van der Waals surface area contributed by atoms with E-state index in [-0.39, 0.29) is 12.4 Å². The van der Waals surface area contributed by atoms with Crippen LogP contribution in [-0.4, -0.2) is 14.9 Å². The molecular formula is C15H19FN2O. The maximum atomic E-state index is 13.8. The lowest BCUT2D eigenvalue weighted by Gasteiger charge is -2.07. The summed E-state index contributed by atoms with van der Waals surface area (Å²) in [7, 11) is 0. The number of halogens is 1. The highest BCUT2D eigenvalue weighted by Crippen LogP contribution is 2.24. The number of aliphatic hydroxyl groups is 1. The van der Waals surface area contributed by atoms with Crippen molar-refractivity contribution in [1.29, 1.82) is 0 Å². The minimum atomic E-state index is -0.367. The smallest absolute Gasteiger partial charge is 0.129 e. The van der Waals surface area contributed by atoms with Crippen molar-refractivity contribution in [2.45, 2.75) is 33.9 Å². The van der Waals surface area contributed by atoms with Gasteiger partial charge in [-0.25, -0.2) is 4.39 Å². The van der Waals surface area contributed by atoms with E-state index in [0.29, 0.717) is 11.5 Å². The second kappa shape index (κ2) is 5.53. The molecule has 1 N–H and O–H groups in total. The molecule has 0 spiro atoms. The normalized spacial score (nSPS) is 11.3. The van der Waals surface area contributed by atoms with Gasteiger partial charge in [0, 0.05) is 23.9 Å². The van der Waals surface area contributed by atoms with E-state index < -0.39 is 0 Å². The van der Waals surface area contributed by atoms with Crippen LogP contribution in [-0.2, 0) is 13.2 Å². The van der Waals surface area contributed by atoms with Gasteiger partial charge >= 0.3 is 0 Å². The number of hydrogen-bond donors (Lipinski definition) is 1. The van der Waals surface area contributed by atoms with Crippen molar-refractivity contribution in [3.8, 4) is 11.1 Å². The average molecular weight is 262 g/mol. The molecule has 0 unspecified atom stereocenters. The molecule has 0 aliphatic heterocycles. The largest absolute Gasteiger partial charge is 0.392 e. The molecule has 1 aromatic heterocycles. The first-order valence-electron chi connectivity index (χ1n) is 6.44. The molecule has 0 aliphatic carbocycles. The Morgan fingerprint density at radius 2 is 2.05 bits per heavy atom. The van der Waals surface area contributed by atoms with E-state index in [1.807, 2.05) is 16.9 Å². The van der Waals surface area contributed by atoms with E-state index in [1.165, 1.54) is 6.07 Å². The summed E-state index contributed by atoms with van der Waals surface area (Å²) in [5.74, 6) is 0.150. The highest BCUT2D eigenvalue weighted by molar-refractivity contribution is 5.63. The molecular weight excluding hydrogens is 243 g/mol. The number of rotatable bonds is 4. The summed E-state index contributed by atoms with van der Waals surface area (Å²) in [5.41, 5.74) is 2.81. The fourth-order valence-corrected chi connectivity index (χ4v) is 2.13. The van der Waals surface area contributed by atoms with Gasteiger partial charge < -0.3 is 5.11 Å². The monoisotopic (exact) mass is 262 g/mol. The van der Waals surface area contributed by atoms with Gasteiger partial charge in [0.05, 0.1) is 12.8 Å². The van der Waals surface area contributed by atoms with Gasteiger partial charge in [-0.3, -0.25) is 4.68 Å². The Kier molecular flexibility index (Phi) is 4.00. The molecule has 1 aromatic carbocycles. The predicted octanol–water partition coefficient (Wildman–Crippen LogP) is 3.15. The third-order valence-electron chi connectivity index (χ3n) is 3.10. The Balaban J connectivity index is 2.34. The van der Waals surface area contributed by atoms with Crippen LogP contribution in [0.3, 0.4) is 0 Å². The SMILES string of the molecule is Cc1cc(-c2cnn(CC(C)C)c2)cc(F)c1CO. The molecule has 1 heterocycles. The summed E-state index contributed by atoms with van der Waals surface area (Å²) >= 11 is 0. The Morgan fingerprint density at radius 3 is 2.63 bits per heavy atom. The quantitative estimate of drug-likeness (QED) is 0.919. The Morgan fingerprint density at radius 1 is 1.32 bits per heavy atom. The van der Waals surface area contributed by atoms with Crippen LogP contribution >= 0.6 is 0 Å². The molecule has 102 valence electrons. The van der Waals surface area contributed by atoms with Crippen molar-refractivity contribution in [3.05, 3.63) is 41.5 Å². The maximum Gasteiger partial charge on any atom is 0.129 e. The summed E-state index contributed by atoms with van der Waals surface area (Å²) in [6.07, 6.45) is 3.67. The van der Waals surface area contributed by atoms with E-state index >= 15 is 0 Å². The maximum absolute atomic E-state index is 13.8. The van der Waals surface area contributed by atoms with Crippen LogP contribution in [0.1, 0.15) is 25.0 Å². The average Bonchev–Trinajstić information content (AvgIpc) is 2.76. The lowest BCUT2D eigenvalue weighted by Crippen LogP contribution is -2.04. The standard InChI is InChI=1S/C15H19FN2O/c1-10(2)7-18-8-13(6-17-18)12-4-11(3)14(9-19)15(16)5-12/h4-6,8,10,19H,7,9H2,1-3H3. The minimum Gasteiger partial charge on any atom is -0.392 e. The van der Waals surface area contributed by atoms with E-state index in [9.17, 15) is 4.39 Å². The van der Waals surface area contributed by atoms with Crippen LogP contribution < -0.4 is 0 Å². The van der Waals surface area contributed by atoms with Gasteiger partial charge in [0.1, 0.15) is 5.82 Å². The first-order valence-corrected chi connectivity index (χ1v) is 6.44. The number of nitrogens with zero attached hydrogens (tertiary/aromatic N) is 2. The van der Waals surface area contributed by atoms with E-state index in [0.717, 1.165) is 23.2 Å². The second-order valence-electron chi connectivity index (χ2n) is 5.26. The summed E-state index contributed by atoms with van der Waals surface area (Å²) in [4.78, 5) is 0. The zero-order valence-corrected chi connectivity index (χ0v) is 11.5. The van der Waals surface area contributed by atoms with Crippen molar-refractivity contribution >= 4 is 0 Å². The lowest BCUT2D eigenvalue weighted by molar-refractivity contribution is 0.275. The van der Waals surface area contributed by atoms with Crippen molar-refractivity contribution in [2.75, 3.05) is 0 Å². The molecule has 0 bridgehead atoms. The topological polar surface area (TPSA) is 38.0 Å². The Bertz CT molecular complexity index is 552. The third-order valence-corrected chi connectivity index (χ3v) is 3.10. The summed E-state index contributed by atoms with van der Waals surface area (Å²) in [5, 5.41) is 13.4. The number of benzene rings is 1. The molecule has 2 aromatic rings. The summed E-state index contributed by atoms with van der Waals surface area (Å²) in [6, 6.07) is 3.33. The van der Waals surface area contributed by atoms with E-state index in [2.05, 4.69) is 18.9 Å². The number of aliphatic hydroxyl groups excluding tert-OH is 1. The van der Waals surface area contributed by atoms with E-state index in [4.69, 9.17) is 5.11 Å². The van der Waals surface area contributed by atoms with Crippen LogP contribution in [0.4, 0.5) is 4.39 Å². The molecule has 2 rings (SSSR count). The number of aryl methyl sites for hydroxylation is 1. The highest BCUT2D eigenvalue weighted by Gasteiger charge is 2.10. The van der Waals surface area contributed by atoms with Gasteiger partial charge in [-0.15, -0.1) is 0 Å². The van der Waals surface area contributed by atoms with Crippen molar-refractivity contribution in [1.82, 2.24) is 9.78 Å². The highest BCUT2D eigenvalue weighted by atomic mass is 19.1. The molecule has 0 amide bonds. The molecule has 3 nitrogen and oxygen atoms in total. The first-order chi connectivity index (χ1) is 9.01. The Hall–Kier alpha value is -1.68. The van der Waals surface area contributed by atoms with Crippen LogP contribution in [0, 0.1) is 18.7 Å². The molecule has 0 radical (unpaired) electrons. The van der Waals surface area contributed by atoms with Gasteiger partial charge in [-0.05, 0) is 30.0 Å². The molecule has 0 atom stereocenters. The molecule has 4 heteroatoms. The van der Waals surface area contributed by atoms with Crippen LogP contribution in [0.25, 0.3) is 11.1 Å². The number of hydrogen-bond acceptors (Lipinski definition) is 2. The summed E-state index contributed by atoms with van der Waals surface area (Å²) < 4.78 is 15.7. The lowest BCUT2D eigenvalue weighted by atomic mass is 10.0. The fraction of sp³-hybridized carbons (Fsp3) is 0.400. The van der Waals surface area contributed by atoms with Crippen molar-refractivity contribution in [2.24, 2.45) is 5.92 Å². The molecule has 0 aliphatic rings. The van der Waals surface area contributed by atoms with Crippen molar-refractivity contribution in [3.63, 3.8) is 0 Å². The van der Waals surface area contributed by atoms with Crippen LogP contribution in [0.15, 0.2) is 24.5 Å². The molecule has 0 saturated heterocycles. The van der Waals surface area contributed by atoms with Crippen LogP contribution in [0.2, 0.25) is 0 Å². The second-order valence-corrected chi connectivity index (χ2v) is 5.26. The van der Waals surface area contributed by atoms with Gasteiger partial charge in [0.15, 0.2) is 0 Å². The zero-order chi connectivity index (χ0) is 14.0. The first kappa shape index (κ1) is 13.7. The molecule has 0 saturated carbocycles. The molecule has 0 fully saturated rings. The van der Waals surface area contributed by atoms with Gasteiger partial charge in [-0.2, -0.15) is 5.10 Å².